The van der Waals surface area contributed by atoms with Gasteiger partial charge in [0.1, 0.15) is 12.6 Å². The number of aromatic nitrogens is 1. The van der Waals surface area contributed by atoms with Crippen LogP contribution in [0.1, 0.15) is 16.7 Å². The molecule has 0 spiro atoms. The summed E-state index contributed by atoms with van der Waals surface area (Å²) in [6.45, 7) is 2.09. The number of alkyl carbamates (subject to hydrolysis) is 1. The normalized spacial score (nSPS) is 11.7. The van der Waals surface area contributed by atoms with Crippen molar-refractivity contribution in [3.8, 4) is 0 Å². The summed E-state index contributed by atoms with van der Waals surface area (Å²) in [7, 11) is 0. The first-order chi connectivity index (χ1) is 15.6. The van der Waals surface area contributed by atoms with Gasteiger partial charge < -0.3 is 20.4 Å². The average molecular weight is 428 g/mol. The van der Waals surface area contributed by atoms with E-state index in [2.05, 4.69) is 15.6 Å². The van der Waals surface area contributed by atoms with Gasteiger partial charge in [-0.1, -0.05) is 60.7 Å². The number of carbonyl (C=O) groups is 2. The molecular formula is C26H25N3O3. The molecular weight excluding hydrogens is 402 g/mol. The predicted molar refractivity (Wildman–Crippen MR) is 125 cm³/mol. The Morgan fingerprint density at radius 2 is 1.75 bits per heavy atom. The molecule has 0 aliphatic rings. The molecule has 32 heavy (non-hydrogen) atoms. The van der Waals surface area contributed by atoms with Gasteiger partial charge >= 0.3 is 6.09 Å². The Hall–Kier alpha value is -4.06. The van der Waals surface area contributed by atoms with Gasteiger partial charge in [-0.2, -0.15) is 0 Å². The van der Waals surface area contributed by atoms with Crippen LogP contribution < -0.4 is 10.6 Å². The highest BCUT2D eigenvalue weighted by Crippen LogP contribution is 2.20. The topological polar surface area (TPSA) is 83.2 Å². The molecule has 0 aliphatic carbocycles. The summed E-state index contributed by atoms with van der Waals surface area (Å²) < 4.78 is 5.35. The third-order valence-corrected chi connectivity index (χ3v) is 5.21. The molecule has 0 aliphatic heterocycles. The first-order valence-electron chi connectivity index (χ1n) is 10.5. The van der Waals surface area contributed by atoms with Crippen LogP contribution in [-0.4, -0.2) is 23.0 Å². The van der Waals surface area contributed by atoms with Gasteiger partial charge in [-0.05, 0) is 41.8 Å². The fourth-order valence-electron chi connectivity index (χ4n) is 3.59. The molecule has 0 radical (unpaired) electrons. The SMILES string of the molecule is Cc1cccc(NC(=O)C(Cc2c[nH]c3ccccc23)NC(=O)OCc2ccccc2)c1. The number of amides is 2. The smallest absolute Gasteiger partial charge is 0.408 e. The van der Waals surface area contributed by atoms with E-state index in [9.17, 15) is 9.59 Å². The second kappa shape index (κ2) is 9.83. The quantitative estimate of drug-likeness (QED) is 0.390. The highest BCUT2D eigenvalue weighted by molar-refractivity contribution is 5.97. The number of para-hydroxylation sites is 1. The van der Waals surface area contributed by atoms with E-state index in [1.54, 1.807) is 0 Å². The van der Waals surface area contributed by atoms with E-state index in [1.165, 1.54) is 0 Å². The molecule has 4 rings (SSSR count). The minimum atomic E-state index is -0.807. The van der Waals surface area contributed by atoms with Crippen LogP contribution in [0.4, 0.5) is 10.5 Å². The molecule has 1 unspecified atom stereocenters. The molecule has 0 bridgehead atoms. The molecule has 6 nitrogen and oxygen atoms in total. The maximum atomic E-state index is 13.1. The van der Waals surface area contributed by atoms with Crippen molar-refractivity contribution >= 4 is 28.6 Å². The molecule has 3 aromatic carbocycles. The number of H-pyrrole nitrogens is 1. The second-order valence-electron chi connectivity index (χ2n) is 7.68. The molecule has 3 N–H and O–H groups in total. The molecule has 0 fully saturated rings. The van der Waals surface area contributed by atoms with E-state index in [4.69, 9.17) is 4.74 Å². The van der Waals surface area contributed by atoms with Crippen LogP contribution in [0.2, 0.25) is 0 Å². The molecule has 0 saturated heterocycles. The Balaban J connectivity index is 1.50. The first-order valence-corrected chi connectivity index (χ1v) is 10.5. The Morgan fingerprint density at radius 1 is 0.969 bits per heavy atom. The molecule has 1 aromatic heterocycles. The number of nitrogens with one attached hydrogen (secondary N) is 3. The fraction of sp³-hybridized carbons (Fsp3) is 0.154. The van der Waals surface area contributed by atoms with Gasteiger partial charge in [-0.25, -0.2) is 4.79 Å². The summed E-state index contributed by atoms with van der Waals surface area (Å²) in [4.78, 5) is 28.8. The monoisotopic (exact) mass is 427 g/mol. The molecule has 162 valence electrons. The lowest BCUT2D eigenvalue weighted by atomic mass is 10.0. The maximum absolute atomic E-state index is 13.1. The van der Waals surface area contributed by atoms with E-state index in [0.717, 1.165) is 27.6 Å². The molecule has 2 amide bonds. The molecule has 6 heteroatoms. The highest BCUT2D eigenvalue weighted by atomic mass is 16.5. The Kier molecular flexibility index (Phi) is 6.51. The summed E-state index contributed by atoms with van der Waals surface area (Å²) in [6, 6.07) is 24.0. The van der Waals surface area contributed by atoms with Crippen molar-refractivity contribution in [2.75, 3.05) is 5.32 Å². The van der Waals surface area contributed by atoms with E-state index >= 15 is 0 Å². The number of carbonyl (C=O) groups excluding carboxylic acids is 2. The summed E-state index contributed by atoms with van der Waals surface area (Å²) in [5, 5.41) is 6.66. The summed E-state index contributed by atoms with van der Waals surface area (Å²) in [5.74, 6) is -0.308. The highest BCUT2D eigenvalue weighted by Gasteiger charge is 2.23. The van der Waals surface area contributed by atoms with Crippen LogP contribution in [0.3, 0.4) is 0 Å². The van der Waals surface area contributed by atoms with Gasteiger partial charge in [-0.3, -0.25) is 4.79 Å². The Bertz CT molecular complexity index is 1220. The van der Waals surface area contributed by atoms with E-state index in [0.29, 0.717) is 12.1 Å². The first kappa shape index (κ1) is 21.2. The second-order valence-corrected chi connectivity index (χ2v) is 7.68. The largest absolute Gasteiger partial charge is 0.445 e. The Labute approximate surface area is 186 Å². The van der Waals surface area contributed by atoms with E-state index in [-0.39, 0.29) is 12.5 Å². The van der Waals surface area contributed by atoms with Crippen LogP contribution in [0.15, 0.2) is 85.1 Å². The molecule has 0 saturated carbocycles. The predicted octanol–water partition coefficient (Wildman–Crippen LogP) is 4.95. The van der Waals surface area contributed by atoms with Crippen molar-refractivity contribution in [1.29, 1.82) is 0 Å². The number of aromatic amines is 1. The van der Waals surface area contributed by atoms with Crippen LogP contribution in [0.25, 0.3) is 10.9 Å². The molecule has 4 aromatic rings. The summed E-state index contributed by atoms with van der Waals surface area (Å²) in [5.41, 5.74) is 4.50. The van der Waals surface area contributed by atoms with Crippen molar-refractivity contribution in [3.05, 3.63) is 102 Å². The van der Waals surface area contributed by atoms with Crippen molar-refractivity contribution in [2.24, 2.45) is 0 Å². The minimum absolute atomic E-state index is 0.131. The zero-order chi connectivity index (χ0) is 22.3. The third kappa shape index (κ3) is 5.35. The molecule has 1 heterocycles. The number of rotatable bonds is 7. The number of benzene rings is 3. The summed E-state index contributed by atoms with van der Waals surface area (Å²) in [6.07, 6.45) is 1.55. The van der Waals surface area contributed by atoms with Crippen molar-refractivity contribution < 1.29 is 14.3 Å². The van der Waals surface area contributed by atoms with Crippen LogP contribution >= 0.6 is 0 Å². The van der Waals surface area contributed by atoms with Gasteiger partial charge in [0.15, 0.2) is 0 Å². The van der Waals surface area contributed by atoms with E-state index < -0.39 is 12.1 Å². The summed E-state index contributed by atoms with van der Waals surface area (Å²) >= 11 is 0. The zero-order valence-electron chi connectivity index (χ0n) is 17.8. The Morgan fingerprint density at radius 3 is 2.56 bits per heavy atom. The number of hydrogen-bond acceptors (Lipinski definition) is 3. The fourth-order valence-corrected chi connectivity index (χ4v) is 3.59. The van der Waals surface area contributed by atoms with Crippen LogP contribution in [0, 0.1) is 6.92 Å². The van der Waals surface area contributed by atoms with E-state index in [1.807, 2.05) is 92.0 Å². The number of anilines is 1. The van der Waals surface area contributed by atoms with Gasteiger partial charge in [0, 0.05) is 29.2 Å². The lowest BCUT2D eigenvalue weighted by molar-refractivity contribution is -0.118. The number of aryl methyl sites for hydroxylation is 1. The van der Waals surface area contributed by atoms with Crippen molar-refractivity contribution in [1.82, 2.24) is 10.3 Å². The minimum Gasteiger partial charge on any atom is -0.445 e. The van der Waals surface area contributed by atoms with Gasteiger partial charge in [-0.15, -0.1) is 0 Å². The lowest BCUT2D eigenvalue weighted by Gasteiger charge is -2.18. The third-order valence-electron chi connectivity index (χ3n) is 5.21. The zero-order valence-corrected chi connectivity index (χ0v) is 17.8. The number of fused-ring (bicyclic) bond motifs is 1. The lowest BCUT2D eigenvalue weighted by Crippen LogP contribution is -2.45. The van der Waals surface area contributed by atoms with Crippen molar-refractivity contribution in [3.63, 3.8) is 0 Å². The van der Waals surface area contributed by atoms with Gasteiger partial charge in [0.2, 0.25) is 5.91 Å². The van der Waals surface area contributed by atoms with Gasteiger partial charge in [0.05, 0.1) is 0 Å². The van der Waals surface area contributed by atoms with Crippen LogP contribution in [0.5, 0.6) is 0 Å². The standard InChI is InChI=1S/C26H25N3O3/c1-18-8-7-11-21(14-18)28-25(30)24(15-20-16-27-23-13-6-5-12-22(20)23)29-26(31)32-17-19-9-3-2-4-10-19/h2-14,16,24,27H,15,17H2,1H3,(H,28,30)(H,29,31). The van der Waals surface area contributed by atoms with Crippen LogP contribution in [-0.2, 0) is 22.6 Å². The average Bonchev–Trinajstić information content (AvgIpc) is 3.21. The number of ether oxygens (including phenoxy) is 1. The number of hydrogen-bond donors (Lipinski definition) is 3. The van der Waals surface area contributed by atoms with Gasteiger partial charge in [0.25, 0.3) is 0 Å². The maximum Gasteiger partial charge on any atom is 0.408 e. The molecule has 1 atom stereocenters. The van der Waals surface area contributed by atoms with Crippen molar-refractivity contribution in [2.45, 2.75) is 26.0 Å².